The topological polar surface area (TPSA) is 44.1 Å². The van der Waals surface area contributed by atoms with Crippen LogP contribution < -0.4 is 10.3 Å². The number of aromatic nitrogens is 2. The molecule has 0 atom stereocenters. The van der Waals surface area contributed by atoms with Crippen molar-refractivity contribution >= 4 is 22.7 Å². The van der Waals surface area contributed by atoms with Crippen molar-refractivity contribution in [2.45, 2.75) is 17.5 Å². The molecule has 30 heavy (non-hydrogen) atoms. The van der Waals surface area contributed by atoms with E-state index in [1.807, 2.05) is 24.3 Å². The summed E-state index contributed by atoms with van der Waals surface area (Å²) in [5.41, 5.74) is 1.14. The molecular weight excluding hydrogens is 406 g/mol. The quantitative estimate of drug-likeness (QED) is 0.322. The van der Waals surface area contributed by atoms with Gasteiger partial charge in [0.05, 0.1) is 24.6 Å². The number of benzene rings is 3. The number of rotatable bonds is 6. The molecule has 3 aromatic carbocycles. The van der Waals surface area contributed by atoms with Crippen molar-refractivity contribution in [3.63, 3.8) is 0 Å². The Morgan fingerprint density at radius 1 is 1.00 bits per heavy atom. The van der Waals surface area contributed by atoms with E-state index in [1.54, 1.807) is 31.4 Å². The Morgan fingerprint density at radius 2 is 1.73 bits per heavy atom. The zero-order valence-electron chi connectivity index (χ0n) is 16.1. The van der Waals surface area contributed by atoms with Gasteiger partial charge in [0.25, 0.3) is 5.56 Å². The number of ether oxygens (including phenoxy) is 1. The lowest BCUT2D eigenvalue weighted by Gasteiger charge is -2.14. The smallest absolute Gasteiger partial charge is 0.262 e. The van der Waals surface area contributed by atoms with Crippen molar-refractivity contribution in [1.29, 1.82) is 0 Å². The maximum Gasteiger partial charge on any atom is 0.262 e. The van der Waals surface area contributed by atoms with E-state index in [0.717, 1.165) is 17.3 Å². The molecule has 0 aliphatic heterocycles. The standard InChI is InChI=1S/C23H18F2N2O2S/c1-29-16-7-4-6-15(12-16)13-27-22(28)17-8-2-3-11-21(17)26-23(27)30-14-18-19(24)9-5-10-20(18)25/h2-12H,13-14H2,1H3. The predicted octanol–water partition coefficient (Wildman–Crippen LogP) is 5.02. The van der Waals surface area contributed by atoms with Crippen molar-refractivity contribution in [2.24, 2.45) is 0 Å². The summed E-state index contributed by atoms with van der Waals surface area (Å²) in [6, 6.07) is 18.2. The number of para-hydroxylation sites is 1. The van der Waals surface area contributed by atoms with Crippen LogP contribution >= 0.6 is 11.8 Å². The van der Waals surface area contributed by atoms with Crippen LogP contribution in [0.1, 0.15) is 11.1 Å². The highest BCUT2D eigenvalue weighted by atomic mass is 32.2. The number of nitrogens with zero attached hydrogens (tertiary/aromatic N) is 2. The van der Waals surface area contributed by atoms with E-state index >= 15 is 0 Å². The van der Waals surface area contributed by atoms with Crippen molar-refractivity contribution < 1.29 is 13.5 Å². The number of methoxy groups -OCH3 is 1. The first kappa shape index (κ1) is 20.1. The van der Waals surface area contributed by atoms with E-state index in [-0.39, 0.29) is 23.4 Å². The molecule has 0 fully saturated rings. The molecule has 1 aromatic heterocycles. The van der Waals surface area contributed by atoms with Gasteiger partial charge in [0.15, 0.2) is 5.16 Å². The SMILES string of the molecule is COc1cccc(Cn2c(SCc3c(F)cccc3F)nc3ccccc3c2=O)c1. The number of fused-ring (bicyclic) bond motifs is 1. The molecule has 0 aliphatic carbocycles. The van der Waals surface area contributed by atoms with Crippen LogP contribution in [0.3, 0.4) is 0 Å². The van der Waals surface area contributed by atoms with Crippen molar-refractivity contribution in [1.82, 2.24) is 9.55 Å². The van der Waals surface area contributed by atoms with Crippen molar-refractivity contribution in [2.75, 3.05) is 7.11 Å². The fraction of sp³-hybridized carbons (Fsp3) is 0.130. The third kappa shape index (κ3) is 4.07. The highest BCUT2D eigenvalue weighted by Crippen LogP contribution is 2.26. The maximum absolute atomic E-state index is 14.1. The molecular formula is C23H18F2N2O2S. The molecule has 0 N–H and O–H groups in total. The summed E-state index contributed by atoms with van der Waals surface area (Å²) in [6.07, 6.45) is 0. The van der Waals surface area contributed by atoms with Crippen LogP contribution in [0.2, 0.25) is 0 Å². The average Bonchev–Trinajstić information content (AvgIpc) is 2.76. The molecule has 0 radical (unpaired) electrons. The monoisotopic (exact) mass is 424 g/mol. The Labute approximate surface area is 176 Å². The Bertz CT molecular complexity index is 1250. The minimum Gasteiger partial charge on any atom is -0.497 e. The average molecular weight is 424 g/mol. The highest BCUT2D eigenvalue weighted by Gasteiger charge is 2.15. The lowest BCUT2D eigenvalue weighted by Crippen LogP contribution is -2.24. The number of hydrogen-bond acceptors (Lipinski definition) is 4. The van der Waals surface area contributed by atoms with Crippen LogP contribution in [-0.2, 0) is 12.3 Å². The second kappa shape index (κ2) is 8.67. The van der Waals surface area contributed by atoms with Crippen molar-refractivity contribution in [3.05, 3.63) is 99.8 Å². The Kier molecular flexibility index (Phi) is 5.81. The van der Waals surface area contributed by atoms with Crippen LogP contribution in [0.4, 0.5) is 8.78 Å². The second-order valence-electron chi connectivity index (χ2n) is 6.64. The van der Waals surface area contributed by atoms with Gasteiger partial charge in [-0.3, -0.25) is 9.36 Å². The summed E-state index contributed by atoms with van der Waals surface area (Å²) in [6.45, 7) is 0.260. The first-order valence-electron chi connectivity index (χ1n) is 9.25. The minimum atomic E-state index is -0.620. The minimum absolute atomic E-state index is 0.0153. The third-order valence-electron chi connectivity index (χ3n) is 4.71. The molecule has 0 unspecified atom stereocenters. The molecule has 0 saturated heterocycles. The van der Waals surface area contributed by atoms with Crippen LogP contribution in [-0.4, -0.2) is 16.7 Å². The first-order chi connectivity index (χ1) is 14.6. The molecule has 7 heteroatoms. The van der Waals surface area contributed by atoms with Gasteiger partial charge in [-0.1, -0.05) is 42.1 Å². The molecule has 0 aliphatic rings. The van der Waals surface area contributed by atoms with E-state index in [2.05, 4.69) is 4.98 Å². The summed E-state index contributed by atoms with van der Waals surface area (Å²) in [7, 11) is 1.58. The summed E-state index contributed by atoms with van der Waals surface area (Å²) in [5.74, 6) is -0.548. The van der Waals surface area contributed by atoms with Crippen molar-refractivity contribution in [3.8, 4) is 5.75 Å². The van der Waals surface area contributed by atoms with Gasteiger partial charge >= 0.3 is 0 Å². The van der Waals surface area contributed by atoms with Gasteiger partial charge in [0.1, 0.15) is 17.4 Å². The maximum atomic E-state index is 14.1. The fourth-order valence-corrected chi connectivity index (χ4v) is 4.17. The van der Waals surface area contributed by atoms with E-state index in [4.69, 9.17) is 4.74 Å². The lowest BCUT2D eigenvalue weighted by atomic mass is 10.2. The first-order valence-corrected chi connectivity index (χ1v) is 10.2. The van der Waals surface area contributed by atoms with Gasteiger partial charge in [-0.25, -0.2) is 13.8 Å². The van der Waals surface area contributed by atoms with Crippen LogP contribution in [0, 0.1) is 11.6 Å². The largest absolute Gasteiger partial charge is 0.497 e. The zero-order chi connectivity index (χ0) is 21.1. The Balaban J connectivity index is 1.77. The van der Waals surface area contributed by atoms with E-state index in [9.17, 15) is 13.6 Å². The summed E-state index contributed by atoms with van der Waals surface area (Å²) >= 11 is 1.13. The third-order valence-corrected chi connectivity index (χ3v) is 5.71. The molecule has 1 heterocycles. The Morgan fingerprint density at radius 3 is 2.50 bits per heavy atom. The number of halogens is 2. The van der Waals surface area contributed by atoms with Gasteiger partial charge < -0.3 is 4.74 Å². The van der Waals surface area contributed by atoms with E-state index in [0.29, 0.717) is 21.8 Å². The van der Waals surface area contributed by atoms with E-state index in [1.165, 1.54) is 22.8 Å². The van der Waals surface area contributed by atoms with Crippen LogP contribution in [0.15, 0.2) is 76.7 Å². The molecule has 4 rings (SSSR count). The number of thioether (sulfide) groups is 1. The predicted molar refractivity (Wildman–Crippen MR) is 114 cm³/mol. The Hall–Kier alpha value is -3.19. The van der Waals surface area contributed by atoms with Gasteiger partial charge in [-0.05, 0) is 42.0 Å². The van der Waals surface area contributed by atoms with Gasteiger partial charge in [0.2, 0.25) is 0 Å². The summed E-state index contributed by atoms with van der Waals surface area (Å²) < 4.78 is 34.9. The molecule has 4 nitrogen and oxygen atoms in total. The second-order valence-corrected chi connectivity index (χ2v) is 7.59. The molecule has 152 valence electrons. The molecule has 0 amide bonds. The van der Waals surface area contributed by atoms with Crippen LogP contribution in [0.5, 0.6) is 5.75 Å². The number of hydrogen-bond donors (Lipinski definition) is 0. The highest BCUT2D eigenvalue weighted by molar-refractivity contribution is 7.98. The molecule has 4 aromatic rings. The van der Waals surface area contributed by atoms with Gasteiger partial charge in [0, 0.05) is 11.3 Å². The summed E-state index contributed by atoms with van der Waals surface area (Å²) in [5, 5.41) is 0.881. The van der Waals surface area contributed by atoms with E-state index < -0.39 is 11.6 Å². The lowest BCUT2D eigenvalue weighted by molar-refractivity contribution is 0.414. The van der Waals surface area contributed by atoms with Crippen LogP contribution in [0.25, 0.3) is 10.9 Å². The zero-order valence-corrected chi connectivity index (χ0v) is 17.0. The van der Waals surface area contributed by atoms with Gasteiger partial charge in [-0.2, -0.15) is 0 Å². The molecule has 0 spiro atoms. The van der Waals surface area contributed by atoms with Gasteiger partial charge in [-0.15, -0.1) is 0 Å². The molecule has 0 saturated carbocycles. The molecule has 0 bridgehead atoms. The summed E-state index contributed by atoms with van der Waals surface area (Å²) in [4.78, 5) is 17.8. The fourth-order valence-electron chi connectivity index (χ4n) is 3.16. The normalized spacial score (nSPS) is 11.0.